The zero-order valence-electron chi connectivity index (χ0n) is 9.69. The zero-order valence-corrected chi connectivity index (χ0v) is 9.69. The van der Waals surface area contributed by atoms with Crippen LogP contribution in [0.1, 0.15) is 45.5 Å². The quantitative estimate of drug-likeness (QED) is 0.788. The summed E-state index contributed by atoms with van der Waals surface area (Å²) in [6, 6.07) is 3.56. The van der Waals surface area contributed by atoms with E-state index in [0.29, 0.717) is 12.4 Å². The van der Waals surface area contributed by atoms with Gasteiger partial charge in [-0.05, 0) is 31.9 Å². The van der Waals surface area contributed by atoms with Crippen molar-refractivity contribution in [3.8, 4) is 0 Å². The van der Waals surface area contributed by atoms with Crippen molar-refractivity contribution < 1.29 is 14.3 Å². The molecule has 1 atom stereocenters. The van der Waals surface area contributed by atoms with Gasteiger partial charge in [0.05, 0.1) is 6.26 Å². The summed E-state index contributed by atoms with van der Waals surface area (Å²) in [7, 11) is 0. The first-order valence-corrected chi connectivity index (χ1v) is 5.55. The summed E-state index contributed by atoms with van der Waals surface area (Å²) in [6.07, 6.45) is 2.40. The molecule has 1 unspecified atom stereocenters. The van der Waals surface area contributed by atoms with E-state index in [2.05, 4.69) is 0 Å². The van der Waals surface area contributed by atoms with Gasteiger partial charge >= 0.3 is 0 Å². The van der Waals surface area contributed by atoms with Gasteiger partial charge < -0.3 is 14.3 Å². The molecule has 0 fully saturated rings. The molecule has 0 aliphatic carbocycles. The Bertz CT molecular complexity index is 262. The van der Waals surface area contributed by atoms with E-state index in [1.165, 1.54) is 0 Å². The van der Waals surface area contributed by atoms with Crippen LogP contribution in [0.3, 0.4) is 0 Å². The molecule has 0 bridgehead atoms. The Morgan fingerprint density at radius 3 is 2.47 bits per heavy atom. The number of hydrogen-bond acceptors (Lipinski definition) is 3. The predicted molar refractivity (Wildman–Crippen MR) is 58.6 cm³/mol. The summed E-state index contributed by atoms with van der Waals surface area (Å²) in [5.74, 6) is 0.576. The molecule has 0 radical (unpaired) electrons. The third-order valence-electron chi connectivity index (χ3n) is 2.94. The third kappa shape index (κ3) is 2.41. The van der Waals surface area contributed by atoms with E-state index in [9.17, 15) is 5.11 Å². The lowest BCUT2D eigenvalue weighted by Gasteiger charge is -2.35. The number of hydrogen-bond donors (Lipinski definition) is 1. The van der Waals surface area contributed by atoms with E-state index in [1.807, 2.05) is 20.8 Å². The third-order valence-corrected chi connectivity index (χ3v) is 2.94. The first-order valence-electron chi connectivity index (χ1n) is 5.55. The molecule has 1 rings (SSSR count). The first-order chi connectivity index (χ1) is 7.20. The zero-order chi connectivity index (χ0) is 11.3. The number of rotatable bonds is 6. The van der Waals surface area contributed by atoms with Crippen molar-refractivity contribution in [1.29, 1.82) is 0 Å². The lowest BCUT2D eigenvalue weighted by atomic mass is 9.89. The molecule has 86 valence electrons. The van der Waals surface area contributed by atoms with Crippen molar-refractivity contribution >= 4 is 0 Å². The van der Waals surface area contributed by atoms with Crippen molar-refractivity contribution in [2.45, 2.75) is 45.3 Å². The Balaban J connectivity index is 2.88. The van der Waals surface area contributed by atoms with Crippen LogP contribution in [-0.2, 0) is 4.74 Å². The summed E-state index contributed by atoms with van der Waals surface area (Å²) in [5, 5.41) is 10.2. The molecule has 0 aromatic carbocycles. The molecule has 0 saturated heterocycles. The maximum atomic E-state index is 10.2. The van der Waals surface area contributed by atoms with Crippen molar-refractivity contribution in [1.82, 2.24) is 0 Å². The Morgan fingerprint density at radius 2 is 2.07 bits per heavy atom. The average Bonchev–Trinajstić information content (AvgIpc) is 2.78. The molecule has 0 amide bonds. The van der Waals surface area contributed by atoms with Gasteiger partial charge in [0.25, 0.3) is 0 Å². The molecular formula is C12H20O3. The van der Waals surface area contributed by atoms with Gasteiger partial charge in [-0.2, -0.15) is 0 Å². The number of aliphatic hydroxyl groups is 1. The normalized spacial score (nSPS) is 14.1. The van der Waals surface area contributed by atoms with Crippen LogP contribution < -0.4 is 0 Å². The largest absolute Gasteiger partial charge is 0.466 e. The van der Waals surface area contributed by atoms with Crippen molar-refractivity contribution in [2.24, 2.45) is 0 Å². The average molecular weight is 212 g/mol. The van der Waals surface area contributed by atoms with Gasteiger partial charge in [0.2, 0.25) is 0 Å². The lowest BCUT2D eigenvalue weighted by molar-refractivity contribution is -0.133. The van der Waals surface area contributed by atoms with Crippen LogP contribution in [0.25, 0.3) is 0 Å². The fourth-order valence-corrected chi connectivity index (χ4v) is 1.91. The summed E-state index contributed by atoms with van der Waals surface area (Å²) in [4.78, 5) is 0. The molecule has 3 heteroatoms. The molecular weight excluding hydrogens is 192 g/mol. The minimum absolute atomic E-state index is 0.521. The molecule has 0 saturated carbocycles. The molecule has 1 heterocycles. The Labute approximate surface area is 91.1 Å². The van der Waals surface area contributed by atoms with E-state index in [-0.39, 0.29) is 0 Å². The smallest absolute Gasteiger partial charge is 0.140 e. The monoisotopic (exact) mass is 212 g/mol. The van der Waals surface area contributed by atoms with E-state index < -0.39 is 11.7 Å². The van der Waals surface area contributed by atoms with E-state index >= 15 is 0 Å². The second-order valence-electron chi connectivity index (χ2n) is 3.62. The first kappa shape index (κ1) is 12.3. The van der Waals surface area contributed by atoms with Crippen LogP contribution in [0.2, 0.25) is 0 Å². The van der Waals surface area contributed by atoms with Crippen molar-refractivity contribution in [3.63, 3.8) is 0 Å². The summed E-state index contributed by atoms with van der Waals surface area (Å²) in [6.45, 7) is 6.57. The minimum atomic E-state index is -0.692. The fourth-order valence-electron chi connectivity index (χ4n) is 1.91. The second-order valence-corrected chi connectivity index (χ2v) is 3.62. The van der Waals surface area contributed by atoms with Gasteiger partial charge in [-0.3, -0.25) is 0 Å². The van der Waals surface area contributed by atoms with Gasteiger partial charge in [-0.1, -0.05) is 13.8 Å². The molecule has 1 aromatic rings. The number of ether oxygens (including phenoxy) is 1. The standard InChI is InChI=1S/C12H20O3/c1-4-12(5-2,15-6-3)11(13)10-8-7-9-14-10/h7-9,11,13H,4-6H2,1-3H3. The highest BCUT2D eigenvalue weighted by Crippen LogP contribution is 2.35. The Kier molecular flexibility index (Phi) is 4.36. The molecule has 15 heavy (non-hydrogen) atoms. The van der Waals surface area contributed by atoms with Crippen LogP contribution in [0.4, 0.5) is 0 Å². The van der Waals surface area contributed by atoms with E-state index in [1.54, 1.807) is 18.4 Å². The van der Waals surface area contributed by atoms with Crippen LogP contribution in [0.5, 0.6) is 0 Å². The highest BCUT2D eigenvalue weighted by Gasteiger charge is 2.37. The Hall–Kier alpha value is -0.800. The van der Waals surface area contributed by atoms with E-state index in [0.717, 1.165) is 12.8 Å². The van der Waals surface area contributed by atoms with Gasteiger partial charge in [0.1, 0.15) is 17.5 Å². The van der Waals surface area contributed by atoms with E-state index in [4.69, 9.17) is 9.15 Å². The van der Waals surface area contributed by atoms with Crippen molar-refractivity contribution in [3.05, 3.63) is 24.2 Å². The summed E-state index contributed by atoms with van der Waals surface area (Å²) in [5.41, 5.74) is -0.521. The van der Waals surface area contributed by atoms with Gasteiger partial charge in [0.15, 0.2) is 0 Å². The van der Waals surface area contributed by atoms with Crippen LogP contribution >= 0.6 is 0 Å². The SMILES string of the molecule is CCOC(CC)(CC)C(O)c1ccco1. The van der Waals surface area contributed by atoms with Crippen LogP contribution in [-0.4, -0.2) is 17.3 Å². The molecule has 0 aliphatic rings. The molecule has 0 spiro atoms. The molecule has 1 aromatic heterocycles. The van der Waals surface area contributed by atoms with Gasteiger partial charge in [-0.15, -0.1) is 0 Å². The van der Waals surface area contributed by atoms with Crippen LogP contribution in [0.15, 0.2) is 22.8 Å². The number of furan rings is 1. The summed E-state index contributed by atoms with van der Waals surface area (Å²) < 4.78 is 10.9. The van der Waals surface area contributed by atoms with Gasteiger partial charge in [-0.25, -0.2) is 0 Å². The second kappa shape index (κ2) is 5.33. The molecule has 1 N–H and O–H groups in total. The predicted octanol–water partition coefficient (Wildman–Crippen LogP) is 2.91. The highest BCUT2D eigenvalue weighted by molar-refractivity contribution is 5.07. The van der Waals surface area contributed by atoms with Gasteiger partial charge in [0, 0.05) is 6.61 Å². The Morgan fingerprint density at radius 1 is 1.40 bits per heavy atom. The topological polar surface area (TPSA) is 42.6 Å². The summed E-state index contributed by atoms with van der Waals surface area (Å²) >= 11 is 0. The lowest BCUT2D eigenvalue weighted by Crippen LogP contribution is -2.38. The highest BCUT2D eigenvalue weighted by atomic mass is 16.5. The van der Waals surface area contributed by atoms with Crippen molar-refractivity contribution in [2.75, 3.05) is 6.61 Å². The maximum Gasteiger partial charge on any atom is 0.140 e. The number of aliphatic hydroxyl groups excluding tert-OH is 1. The van der Waals surface area contributed by atoms with Crippen LogP contribution in [0, 0.1) is 0 Å². The minimum Gasteiger partial charge on any atom is -0.466 e. The maximum absolute atomic E-state index is 10.2. The molecule has 0 aliphatic heterocycles. The fraction of sp³-hybridized carbons (Fsp3) is 0.667. The molecule has 3 nitrogen and oxygen atoms in total.